The Kier molecular flexibility index (Phi) is 6.68. The molecule has 4 rings (SSSR count). The summed E-state index contributed by atoms with van der Waals surface area (Å²) in [7, 11) is -1.55. The second-order valence-electron chi connectivity index (χ2n) is 8.38. The first kappa shape index (κ1) is 21.9. The summed E-state index contributed by atoms with van der Waals surface area (Å²) >= 11 is 12.3. The van der Waals surface area contributed by atoms with Crippen molar-refractivity contribution in [2.75, 3.05) is 18.2 Å². The van der Waals surface area contributed by atoms with Gasteiger partial charge in [-0.05, 0) is 0 Å². The van der Waals surface area contributed by atoms with E-state index < -0.39 is 7.26 Å². The molecule has 0 amide bonds. The van der Waals surface area contributed by atoms with Gasteiger partial charge in [0.05, 0.1) is 0 Å². The van der Waals surface area contributed by atoms with Crippen molar-refractivity contribution in [3.63, 3.8) is 0 Å². The predicted molar refractivity (Wildman–Crippen MR) is 141 cm³/mol. The Morgan fingerprint density at radius 2 is 1.00 bits per heavy atom. The number of hydrogen-bond acceptors (Lipinski definition) is 1. The summed E-state index contributed by atoms with van der Waals surface area (Å²) in [6.07, 6.45) is 1.11. The first-order valence-electron chi connectivity index (χ1n) is 10.4. The second kappa shape index (κ2) is 9.45. The Hall–Kier alpha value is -2.31. The Labute approximate surface area is 195 Å². The van der Waals surface area contributed by atoms with E-state index >= 15 is 0 Å². The third-order valence-corrected chi connectivity index (χ3v) is 9.26. The number of hydrogen-bond donors (Lipinski definition) is 0. The zero-order chi connectivity index (χ0) is 21.8. The monoisotopic (exact) mass is 465 g/mol. The molecule has 0 N–H and O–H groups in total. The van der Waals surface area contributed by atoms with Gasteiger partial charge in [-0.2, -0.15) is 0 Å². The molecule has 0 aliphatic rings. The van der Waals surface area contributed by atoms with Gasteiger partial charge >= 0.3 is 196 Å². The van der Waals surface area contributed by atoms with E-state index in [9.17, 15) is 0 Å². The van der Waals surface area contributed by atoms with E-state index in [0.29, 0.717) is 0 Å². The predicted octanol–water partition coefficient (Wildman–Crippen LogP) is 8.30. The first-order valence-corrected chi connectivity index (χ1v) is 14.3. The zero-order valence-corrected chi connectivity index (χ0v) is 20.2. The number of benzene rings is 4. The van der Waals surface area contributed by atoms with Gasteiger partial charge in [0, 0.05) is 0 Å². The van der Waals surface area contributed by atoms with Crippen LogP contribution in [-0.2, 0) is 6.16 Å². The normalized spacial score (nSPS) is 11.9. The molecule has 0 aromatic heterocycles. The van der Waals surface area contributed by atoms with Crippen LogP contribution in [0.15, 0.2) is 103 Å². The molecule has 0 aliphatic heterocycles. The molecule has 4 aromatic carbocycles. The van der Waals surface area contributed by atoms with E-state index in [4.69, 9.17) is 23.2 Å². The summed E-state index contributed by atoms with van der Waals surface area (Å²) in [5.74, 6) is 0. The summed E-state index contributed by atoms with van der Waals surface area (Å²) in [6, 6.07) is 35.7. The van der Waals surface area contributed by atoms with Crippen molar-refractivity contribution in [2.24, 2.45) is 0 Å². The molecule has 0 heterocycles. The van der Waals surface area contributed by atoms with Gasteiger partial charge in [-0.1, -0.05) is 0 Å². The third-order valence-electron chi connectivity index (χ3n) is 5.57. The Morgan fingerprint density at radius 3 is 1.45 bits per heavy atom. The molecule has 4 aromatic rings. The molecular formula is C27H26Cl2NP. The molecular weight excluding hydrogens is 440 g/mol. The van der Waals surface area contributed by atoms with Gasteiger partial charge in [0.1, 0.15) is 0 Å². The van der Waals surface area contributed by atoms with E-state index in [1.54, 1.807) is 0 Å². The summed E-state index contributed by atoms with van der Waals surface area (Å²) in [5, 5.41) is 2.94. The van der Waals surface area contributed by atoms with Crippen molar-refractivity contribution in [2.45, 2.75) is 6.16 Å². The van der Waals surface area contributed by atoms with Crippen LogP contribution in [0.4, 0.5) is 17.1 Å². The van der Waals surface area contributed by atoms with E-state index in [2.05, 4.69) is 72.8 Å². The number of anilines is 3. The van der Waals surface area contributed by atoms with Crippen LogP contribution in [0.5, 0.6) is 0 Å². The van der Waals surface area contributed by atoms with Crippen molar-refractivity contribution in [1.29, 1.82) is 0 Å². The molecule has 158 valence electrons. The molecule has 0 saturated heterocycles. The van der Waals surface area contributed by atoms with Crippen LogP contribution in [0.2, 0.25) is 10.0 Å². The Morgan fingerprint density at radius 1 is 0.581 bits per heavy atom. The summed E-state index contributed by atoms with van der Waals surface area (Å²) < 4.78 is 0. The van der Waals surface area contributed by atoms with Crippen molar-refractivity contribution >= 4 is 52.8 Å². The van der Waals surface area contributed by atoms with Crippen LogP contribution in [-0.4, -0.2) is 13.3 Å². The van der Waals surface area contributed by atoms with Crippen LogP contribution in [0.3, 0.4) is 0 Å². The van der Waals surface area contributed by atoms with Crippen molar-refractivity contribution in [3.05, 3.63) is 119 Å². The van der Waals surface area contributed by atoms with Crippen LogP contribution in [0, 0.1) is 0 Å². The van der Waals surface area contributed by atoms with Gasteiger partial charge in [0.25, 0.3) is 0 Å². The average Bonchev–Trinajstić information content (AvgIpc) is 2.78. The minimum atomic E-state index is -1.55. The maximum absolute atomic E-state index is 6.13. The molecule has 4 heteroatoms. The molecule has 1 nitrogen and oxygen atoms in total. The number of halogens is 2. The average molecular weight is 466 g/mol. The van der Waals surface area contributed by atoms with E-state index in [0.717, 1.165) is 33.3 Å². The molecule has 0 saturated carbocycles. The SMILES string of the molecule is C[PH](C)(Cc1ccc(N(c2ccc(Cl)cc2)c2ccc(Cl)cc2)cc1)c1ccccc1. The first-order chi connectivity index (χ1) is 14.9. The zero-order valence-electron chi connectivity index (χ0n) is 17.7. The van der Waals surface area contributed by atoms with Crippen molar-refractivity contribution in [1.82, 2.24) is 0 Å². The van der Waals surface area contributed by atoms with Gasteiger partial charge in [0.2, 0.25) is 0 Å². The quantitative estimate of drug-likeness (QED) is 0.258. The van der Waals surface area contributed by atoms with E-state index in [-0.39, 0.29) is 0 Å². The molecule has 0 atom stereocenters. The molecule has 0 fully saturated rings. The molecule has 0 radical (unpaired) electrons. The molecule has 31 heavy (non-hydrogen) atoms. The fraction of sp³-hybridized carbons (Fsp3) is 0.111. The van der Waals surface area contributed by atoms with Crippen molar-refractivity contribution < 1.29 is 0 Å². The molecule has 0 spiro atoms. The van der Waals surface area contributed by atoms with Gasteiger partial charge in [0.15, 0.2) is 0 Å². The fourth-order valence-corrected chi connectivity index (χ4v) is 6.70. The van der Waals surface area contributed by atoms with Crippen LogP contribution < -0.4 is 10.2 Å². The van der Waals surface area contributed by atoms with Crippen LogP contribution in [0.25, 0.3) is 0 Å². The van der Waals surface area contributed by atoms with Gasteiger partial charge in [-0.25, -0.2) is 0 Å². The Bertz CT molecular complexity index is 1080. The number of nitrogens with zero attached hydrogens (tertiary/aromatic N) is 1. The van der Waals surface area contributed by atoms with Gasteiger partial charge in [-0.3, -0.25) is 0 Å². The van der Waals surface area contributed by atoms with Crippen LogP contribution in [0.1, 0.15) is 5.56 Å². The van der Waals surface area contributed by atoms with Crippen LogP contribution >= 0.6 is 30.5 Å². The standard InChI is InChI=1S/C27H26Cl2NP/c1-31(2,27-6-4-3-5-7-27)20-21-8-14-24(15-9-21)30(25-16-10-22(28)11-17-25)26-18-12-23(29)13-19-26/h3-19,31H,20H2,1-2H3. The molecule has 0 bridgehead atoms. The fourth-order valence-electron chi connectivity index (χ4n) is 3.89. The maximum atomic E-state index is 6.13. The number of rotatable bonds is 6. The third kappa shape index (κ3) is 5.31. The van der Waals surface area contributed by atoms with E-state index in [1.165, 1.54) is 10.9 Å². The molecule has 0 unspecified atom stereocenters. The topological polar surface area (TPSA) is 3.24 Å². The van der Waals surface area contributed by atoms with Gasteiger partial charge < -0.3 is 0 Å². The van der Waals surface area contributed by atoms with E-state index in [1.807, 2.05) is 48.5 Å². The molecule has 0 aliphatic carbocycles. The minimum absolute atomic E-state index is 0.725. The van der Waals surface area contributed by atoms with Gasteiger partial charge in [-0.15, -0.1) is 0 Å². The van der Waals surface area contributed by atoms with Crippen molar-refractivity contribution in [3.8, 4) is 0 Å². The Balaban J connectivity index is 1.65. The summed E-state index contributed by atoms with van der Waals surface area (Å²) in [5.41, 5.74) is 4.58. The summed E-state index contributed by atoms with van der Waals surface area (Å²) in [4.78, 5) is 2.22. The second-order valence-corrected chi connectivity index (χ2v) is 14.0. The summed E-state index contributed by atoms with van der Waals surface area (Å²) in [6.45, 7) is 4.87.